The average molecular weight is 427 g/mol. The zero-order valence-corrected chi connectivity index (χ0v) is 19.8. The third-order valence-corrected chi connectivity index (χ3v) is 6.02. The van der Waals surface area contributed by atoms with Crippen LogP contribution in [0.5, 0.6) is 0 Å². The highest BCUT2D eigenvalue weighted by Gasteiger charge is 2.23. The molecule has 1 aromatic carbocycles. The van der Waals surface area contributed by atoms with Gasteiger partial charge in [-0.05, 0) is 62.8 Å². The summed E-state index contributed by atoms with van der Waals surface area (Å²) in [5, 5.41) is 3.01. The SMILES string of the molecule is CCCCc1c(C(=O)Nc2c(CC)cc(C(=O)OC)cc2CC)c(=O)c(C)c(C)n1C. The standard InChI is InChI=1S/C25H34N2O4/c1-8-11-12-20-21(23(28)15(4)16(5)27(20)6)24(29)26-22-17(9-2)13-19(25(30)31-7)14-18(22)10-3/h13-14H,8-12H2,1-7H3,(H,26,29). The Bertz CT molecular complexity index is 1030. The number of amides is 1. The maximum absolute atomic E-state index is 13.4. The van der Waals surface area contributed by atoms with E-state index in [1.54, 1.807) is 19.1 Å². The minimum atomic E-state index is -0.410. The summed E-state index contributed by atoms with van der Waals surface area (Å²) in [6.45, 7) is 9.69. The Labute approximate surface area is 184 Å². The number of nitrogens with one attached hydrogen (secondary N) is 1. The van der Waals surface area contributed by atoms with Gasteiger partial charge in [0.25, 0.3) is 5.91 Å². The number of ether oxygens (including phenoxy) is 1. The number of aromatic nitrogens is 1. The topological polar surface area (TPSA) is 77.4 Å². The predicted octanol–water partition coefficient (Wildman–Crippen LogP) is 4.51. The minimum Gasteiger partial charge on any atom is -0.465 e. The molecule has 0 spiro atoms. The zero-order valence-electron chi connectivity index (χ0n) is 19.8. The van der Waals surface area contributed by atoms with E-state index in [1.165, 1.54) is 7.11 Å². The van der Waals surface area contributed by atoms with Gasteiger partial charge < -0.3 is 14.6 Å². The normalized spacial score (nSPS) is 10.8. The van der Waals surface area contributed by atoms with Crippen LogP contribution in [-0.4, -0.2) is 23.6 Å². The number of hydrogen-bond donors (Lipinski definition) is 1. The Morgan fingerprint density at radius 3 is 2.13 bits per heavy atom. The van der Waals surface area contributed by atoms with E-state index in [-0.39, 0.29) is 11.0 Å². The van der Waals surface area contributed by atoms with E-state index in [2.05, 4.69) is 12.2 Å². The van der Waals surface area contributed by atoms with Crippen molar-refractivity contribution in [3.63, 3.8) is 0 Å². The molecule has 0 bridgehead atoms. The van der Waals surface area contributed by atoms with Gasteiger partial charge in [-0.25, -0.2) is 4.79 Å². The van der Waals surface area contributed by atoms with Gasteiger partial charge in [-0.3, -0.25) is 9.59 Å². The lowest BCUT2D eigenvalue weighted by atomic mass is 9.97. The Balaban J connectivity index is 2.62. The molecule has 1 amide bonds. The number of anilines is 1. The zero-order chi connectivity index (χ0) is 23.3. The second kappa shape index (κ2) is 10.4. The molecule has 0 atom stereocenters. The molecule has 2 rings (SSSR count). The second-order valence-electron chi connectivity index (χ2n) is 7.85. The van der Waals surface area contributed by atoms with Crippen LogP contribution in [0.4, 0.5) is 5.69 Å². The van der Waals surface area contributed by atoms with E-state index in [4.69, 9.17) is 4.74 Å². The van der Waals surface area contributed by atoms with Gasteiger partial charge in [0.1, 0.15) is 5.56 Å². The summed E-state index contributed by atoms with van der Waals surface area (Å²) < 4.78 is 6.82. The Kier molecular flexibility index (Phi) is 8.20. The molecule has 0 fully saturated rings. The van der Waals surface area contributed by atoms with Crippen LogP contribution < -0.4 is 10.7 Å². The first-order valence-electron chi connectivity index (χ1n) is 11.0. The van der Waals surface area contributed by atoms with Crippen molar-refractivity contribution in [3.05, 3.63) is 61.6 Å². The van der Waals surface area contributed by atoms with E-state index in [9.17, 15) is 14.4 Å². The number of carbonyl (C=O) groups excluding carboxylic acids is 2. The van der Waals surface area contributed by atoms with E-state index in [0.29, 0.717) is 36.1 Å². The third-order valence-electron chi connectivity index (χ3n) is 6.02. The molecule has 1 N–H and O–H groups in total. The summed E-state index contributed by atoms with van der Waals surface area (Å²) >= 11 is 0. The highest BCUT2D eigenvalue weighted by molar-refractivity contribution is 6.06. The van der Waals surface area contributed by atoms with E-state index in [1.807, 2.05) is 32.4 Å². The molecule has 0 saturated carbocycles. The first-order valence-corrected chi connectivity index (χ1v) is 11.0. The van der Waals surface area contributed by atoms with E-state index >= 15 is 0 Å². The summed E-state index contributed by atoms with van der Waals surface area (Å²) in [4.78, 5) is 38.6. The molecule has 1 aromatic heterocycles. The predicted molar refractivity (Wildman–Crippen MR) is 124 cm³/mol. The molecule has 2 aromatic rings. The average Bonchev–Trinajstić information content (AvgIpc) is 2.78. The monoisotopic (exact) mass is 426 g/mol. The van der Waals surface area contributed by atoms with Gasteiger partial charge in [-0.1, -0.05) is 27.2 Å². The van der Waals surface area contributed by atoms with Crippen molar-refractivity contribution in [2.24, 2.45) is 7.05 Å². The van der Waals surface area contributed by atoms with Crippen molar-refractivity contribution in [2.45, 2.75) is 66.7 Å². The fourth-order valence-electron chi connectivity index (χ4n) is 3.87. The first kappa shape index (κ1) is 24.4. The van der Waals surface area contributed by atoms with Crippen molar-refractivity contribution in [3.8, 4) is 0 Å². The van der Waals surface area contributed by atoms with Crippen LogP contribution in [-0.2, 0) is 31.0 Å². The molecule has 0 aliphatic rings. The van der Waals surface area contributed by atoms with Gasteiger partial charge in [0.05, 0.1) is 12.7 Å². The molecule has 1 heterocycles. The van der Waals surface area contributed by atoms with Gasteiger partial charge in [0.15, 0.2) is 5.43 Å². The molecule has 0 aliphatic heterocycles. The number of methoxy groups -OCH3 is 1. The summed E-state index contributed by atoms with van der Waals surface area (Å²) in [5.74, 6) is -0.808. The van der Waals surface area contributed by atoms with Crippen molar-refractivity contribution < 1.29 is 14.3 Å². The number of unbranched alkanes of at least 4 members (excludes halogenated alkanes) is 1. The summed E-state index contributed by atoms with van der Waals surface area (Å²) in [7, 11) is 3.26. The lowest BCUT2D eigenvalue weighted by Gasteiger charge is -2.20. The van der Waals surface area contributed by atoms with Crippen molar-refractivity contribution >= 4 is 17.6 Å². The summed E-state index contributed by atoms with van der Waals surface area (Å²) in [5.41, 5.74) is 5.01. The minimum absolute atomic E-state index is 0.209. The van der Waals surface area contributed by atoms with Crippen LogP contribution in [0, 0.1) is 13.8 Å². The molecule has 0 aliphatic carbocycles. The Morgan fingerprint density at radius 1 is 1.06 bits per heavy atom. The highest BCUT2D eigenvalue weighted by atomic mass is 16.5. The number of rotatable bonds is 8. The first-order chi connectivity index (χ1) is 14.7. The summed E-state index contributed by atoms with van der Waals surface area (Å²) in [6, 6.07) is 3.49. The lowest BCUT2D eigenvalue weighted by molar-refractivity contribution is 0.0600. The third kappa shape index (κ3) is 4.89. The van der Waals surface area contributed by atoms with Crippen LogP contribution >= 0.6 is 0 Å². The number of carbonyl (C=O) groups is 2. The molecule has 0 saturated heterocycles. The van der Waals surface area contributed by atoms with E-state index < -0.39 is 11.9 Å². The number of pyridine rings is 1. The number of nitrogens with zero attached hydrogens (tertiary/aromatic N) is 1. The van der Waals surface area contributed by atoms with Crippen molar-refractivity contribution in [2.75, 3.05) is 12.4 Å². The smallest absolute Gasteiger partial charge is 0.337 e. The number of benzene rings is 1. The maximum Gasteiger partial charge on any atom is 0.337 e. The second-order valence-corrected chi connectivity index (χ2v) is 7.85. The van der Waals surface area contributed by atoms with Gasteiger partial charge in [-0.2, -0.15) is 0 Å². The fraction of sp³-hybridized carbons (Fsp3) is 0.480. The highest BCUT2D eigenvalue weighted by Crippen LogP contribution is 2.26. The largest absolute Gasteiger partial charge is 0.465 e. The van der Waals surface area contributed by atoms with Crippen LogP contribution in [0.1, 0.15) is 82.4 Å². The fourth-order valence-corrected chi connectivity index (χ4v) is 3.87. The number of hydrogen-bond acceptors (Lipinski definition) is 4. The Morgan fingerprint density at radius 2 is 1.65 bits per heavy atom. The van der Waals surface area contributed by atoms with Crippen LogP contribution in [0.3, 0.4) is 0 Å². The van der Waals surface area contributed by atoms with Crippen molar-refractivity contribution in [1.29, 1.82) is 0 Å². The van der Waals surface area contributed by atoms with Crippen LogP contribution in [0.2, 0.25) is 0 Å². The molecule has 31 heavy (non-hydrogen) atoms. The van der Waals surface area contributed by atoms with E-state index in [0.717, 1.165) is 35.4 Å². The molecular formula is C25H34N2O4. The molecule has 6 nitrogen and oxygen atoms in total. The van der Waals surface area contributed by atoms with Gasteiger partial charge >= 0.3 is 5.97 Å². The van der Waals surface area contributed by atoms with Crippen LogP contribution in [0.15, 0.2) is 16.9 Å². The molecule has 6 heteroatoms. The Hall–Kier alpha value is -2.89. The number of esters is 1. The summed E-state index contributed by atoms with van der Waals surface area (Å²) in [6.07, 6.45) is 3.78. The molecule has 0 radical (unpaired) electrons. The maximum atomic E-state index is 13.4. The van der Waals surface area contributed by atoms with Gasteiger partial charge in [-0.15, -0.1) is 0 Å². The molecule has 168 valence electrons. The van der Waals surface area contributed by atoms with Crippen molar-refractivity contribution in [1.82, 2.24) is 4.57 Å². The number of aryl methyl sites for hydroxylation is 2. The van der Waals surface area contributed by atoms with Gasteiger partial charge in [0.2, 0.25) is 0 Å². The van der Waals surface area contributed by atoms with Crippen LogP contribution in [0.25, 0.3) is 0 Å². The molecular weight excluding hydrogens is 392 g/mol. The molecule has 0 unspecified atom stereocenters. The quantitative estimate of drug-likeness (QED) is 0.630. The van der Waals surface area contributed by atoms with Gasteiger partial charge in [0, 0.05) is 29.7 Å². The lowest BCUT2D eigenvalue weighted by Crippen LogP contribution is -2.30.